The van der Waals surface area contributed by atoms with E-state index in [-0.39, 0.29) is 11.8 Å². The van der Waals surface area contributed by atoms with Crippen LogP contribution in [0.4, 0.5) is 0 Å². The Morgan fingerprint density at radius 3 is 3.00 bits per heavy atom. The lowest BCUT2D eigenvalue weighted by atomic mass is 9.98. The highest BCUT2D eigenvalue weighted by molar-refractivity contribution is 5.94. The summed E-state index contributed by atoms with van der Waals surface area (Å²) in [6, 6.07) is 14.7. The molecular weight excluding hydrogens is 366 g/mol. The molecule has 3 heterocycles. The quantitative estimate of drug-likeness (QED) is 0.672. The van der Waals surface area contributed by atoms with Gasteiger partial charge in [-0.3, -0.25) is 4.79 Å². The normalized spacial score (nSPS) is 16.2. The van der Waals surface area contributed by atoms with Gasteiger partial charge in [0.25, 0.3) is 5.91 Å². The number of likely N-dealkylation sites (tertiary alicyclic amines) is 1. The van der Waals surface area contributed by atoms with E-state index >= 15 is 0 Å². The molecule has 29 heavy (non-hydrogen) atoms. The van der Waals surface area contributed by atoms with Gasteiger partial charge in [-0.1, -0.05) is 6.07 Å². The van der Waals surface area contributed by atoms with Crippen LogP contribution in [0.5, 0.6) is 5.88 Å². The van der Waals surface area contributed by atoms with Gasteiger partial charge < -0.3 is 9.64 Å². The number of aromatic nitrogens is 3. The largest absolute Gasteiger partial charge is 0.477 e. The van der Waals surface area contributed by atoms with Gasteiger partial charge >= 0.3 is 0 Å². The number of nitriles is 1. The van der Waals surface area contributed by atoms with Crippen LogP contribution < -0.4 is 4.74 Å². The summed E-state index contributed by atoms with van der Waals surface area (Å²) in [5.74, 6) is 0.697. The number of ether oxygens (including phenoxy) is 1. The van der Waals surface area contributed by atoms with Crippen LogP contribution in [0.1, 0.15) is 28.8 Å². The molecule has 1 saturated heterocycles. The summed E-state index contributed by atoms with van der Waals surface area (Å²) in [6.45, 7) is 1.85. The second-order valence-electron chi connectivity index (χ2n) is 7.07. The molecule has 3 aromatic rings. The Morgan fingerprint density at radius 1 is 1.24 bits per heavy atom. The van der Waals surface area contributed by atoms with Crippen LogP contribution >= 0.6 is 0 Å². The standard InChI is InChI=1S/C22H21N5O2/c23-14-17-7-9-24-21(12-17)29-16-18-4-2-10-26(15-18)22(28)19-5-1-6-20(13-19)27-11-3-8-25-27/h1,3,5-9,11-13,18H,2,4,10,15-16H2. The van der Waals surface area contributed by atoms with Gasteiger partial charge in [-0.15, -0.1) is 0 Å². The Hall–Kier alpha value is -3.66. The molecule has 1 fully saturated rings. The first kappa shape index (κ1) is 18.7. The van der Waals surface area contributed by atoms with Crippen molar-refractivity contribution in [2.75, 3.05) is 19.7 Å². The van der Waals surface area contributed by atoms with Gasteiger partial charge in [0.1, 0.15) is 0 Å². The summed E-state index contributed by atoms with van der Waals surface area (Å²) in [4.78, 5) is 19.1. The lowest BCUT2D eigenvalue weighted by Crippen LogP contribution is -2.41. The van der Waals surface area contributed by atoms with E-state index in [1.54, 1.807) is 29.2 Å². The first-order valence-corrected chi connectivity index (χ1v) is 9.61. The number of pyridine rings is 1. The molecule has 0 spiro atoms. The van der Waals surface area contributed by atoms with Crippen molar-refractivity contribution in [1.82, 2.24) is 19.7 Å². The van der Waals surface area contributed by atoms with Crippen LogP contribution in [0.25, 0.3) is 5.69 Å². The zero-order chi connectivity index (χ0) is 20.1. The maximum Gasteiger partial charge on any atom is 0.253 e. The summed E-state index contributed by atoms with van der Waals surface area (Å²) in [5.41, 5.74) is 2.04. The third-order valence-corrected chi connectivity index (χ3v) is 5.00. The molecule has 4 rings (SSSR count). The SMILES string of the molecule is N#Cc1ccnc(OCC2CCCN(C(=O)c3cccc(-n4cccn4)c3)C2)c1. The summed E-state index contributed by atoms with van der Waals surface area (Å²) < 4.78 is 7.52. The summed E-state index contributed by atoms with van der Waals surface area (Å²) in [5, 5.41) is 13.2. The van der Waals surface area contributed by atoms with E-state index in [9.17, 15) is 4.79 Å². The minimum atomic E-state index is 0.0216. The van der Waals surface area contributed by atoms with Crippen molar-refractivity contribution in [3.63, 3.8) is 0 Å². The number of benzene rings is 1. The topological polar surface area (TPSA) is 84.0 Å². The highest BCUT2D eigenvalue weighted by Gasteiger charge is 2.25. The molecule has 1 aliphatic heterocycles. The van der Waals surface area contributed by atoms with E-state index in [0.717, 1.165) is 25.1 Å². The molecule has 0 bridgehead atoms. The van der Waals surface area contributed by atoms with Gasteiger partial charge in [0.2, 0.25) is 5.88 Å². The van der Waals surface area contributed by atoms with Gasteiger partial charge in [0.05, 0.1) is 23.9 Å². The molecule has 1 amide bonds. The Morgan fingerprint density at radius 2 is 2.17 bits per heavy atom. The number of carbonyl (C=O) groups excluding carboxylic acids is 1. The fourth-order valence-corrected chi connectivity index (χ4v) is 3.53. The number of hydrogen-bond acceptors (Lipinski definition) is 5. The molecule has 0 N–H and O–H groups in total. The highest BCUT2D eigenvalue weighted by Crippen LogP contribution is 2.21. The Kier molecular flexibility index (Phi) is 5.52. The maximum absolute atomic E-state index is 13.0. The highest BCUT2D eigenvalue weighted by atomic mass is 16.5. The number of hydrogen-bond donors (Lipinski definition) is 0. The fraction of sp³-hybridized carbons (Fsp3) is 0.273. The summed E-state index contributed by atoms with van der Waals surface area (Å²) >= 11 is 0. The fourth-order valence-electron chi connectivity index (χ4n) is 3.53. The molecule has 1 atom stereocenters. The molecule has 146 valence electrons. The van der Waals surface area contributed by atoms with E-state index in [1.165, 1.54) is 0 Å². The van der Waals surface area contributed by atoms with Crippen molar-refractivity contribution in [2.45, 2.75) is 12.8 Å². The van der Waals surface area contributed by atoms with Crippen molar-refractivity contribution < 1.29 is 9.53 Å². The zero-order valence-electron chi connectivity index (χ0n) is 15.9. The van der Waals surface area contributed by atoms with Crippen molar-refractivity contribution in [2.24, 2.45) is 5.92 Å². The van der Waals surface area contributed by atoms with Crippen LogP contribution in [0.3, 0.4) is 0 Å². The van der Waals surface area contributed by atoms with Gasteiger partial charge in [-0.2, -0.15) is 10.4 Å². The molecule has 2 aromatic heterocycles. The number of carbonyl (C=O) groups is 1. The molecule has 0 radical (unpaired) electrons. The number of rotatable bonds is 5. The molecule has 7 heteroatoms. The zero-order valence-corrected chi connectivity index (χ0v) is 15.9. The minimum Gasteiger partial charge on any atom is -0.477 e. The summed E-state index contributed by atoms with van der Waals surface area (Å²) in [7, 11) is 0. The van der Waals surface area contributed by atoms with E-state index in [2.05, 4.69) is 16.2 Å². The number of nitrogens with zero attached hydrogens (tertiary/aromatic N) is 5. The number of piperidine rings is 1. The van der Waals surface area contributed by atoms with Gasteiger partial charge in [-0.25, -0.2) is 9.67 Å². The second-order valence-corrected chi connectivity index (χ2v) is 7.07. The minimum absolute atomic E-state index is 0.0216. The van der Waals surface area contributed by atoms with E-state index in [4.69, 9.17) is 10.00 Å². The second kappa shape index (κ2) is 8.57. The molecule has 1 aliphatic rings. The number of amides is 1. The van der Waals surface area contributed by atoms with Gasteiger partial charge in [-0.05, 0) is 43.2 Å². The lowest BCUT2D eigenvalue weighted by molar-refractivity contribution is 0.0631. The van der Waals surface area contributed by atoms with Crippen molar-refractivity contribution in [3.8, 4) is 17.6 Å². The van der Waals surface area contributed by atoms with Crippen molar-refractivity contribution in [3.05, 3.63) is 72.2 Å². The molecular formula is C22H21N5O2. The van der Waals surface area contributed by atoms with Crippen LogP contribution in [0, 0.1) is 17.2 Å². The first-order chi connectivity index (χ1) is 14.2. The Bertz CT molecular complexity index is 1030. The molecule has 0 saturated carbocycles. The third-order valence-electron chi connectivity index (χ3n) is 5.00. The van der Waals surface area contributed by atoms with Gasteiger partial charge in [0.15, 0.2) is 0 Å². The Balaban J connectivity index is 1.40. The van der Waals surface area contributed by atoms with E-state index < -0.39 is 0 Å². The predicted octanol–water partition coefficient (Wildman–Crippen LogP) is 3.07. The van der Waals surface area contributed by atoms with Crippen molar-refractivity contribution >= 4 is 5.91 Å². The van der Waals surface area contributed by atoms with Crippen LogP contribution in [0.15, 0.2) is 61.1 Å². The van der Waals surface area contributed by atoms with Crippen LogP contribution in [0.2, 0.25) is 0 Å². The molecule has 1 unspecified atom stereocenters. The Labute approximate surface area is 169 Å². The predicted molar refractivity (Wildman–Crippen MR) is 107 cm³/mol. The summed E-state index contributed by atoms with van der Waals surface area (Å²) in [6.07, 6.45) is 7.06. The van der Waals surface area contributed by atoms with Crippen molar-refractivity contribution in [1.29, 1.82) is 5.26 Å². The van der Waals surface area contributed by atoms with E-state index in [0.29, 0.717) is 30.2 Å². The van der Waals surface area contributed by atoms with E-state index in [1.807, 2.05) is 41.4 Å². The maximum atomic E-state index is 13.0. The lowest BCUT2D eigenvalue weighted by Gasteiger charge is -2.32. The monoisotopic (exact) mass is 387 g/mol. The van der Waals surface area contributed by atoms with Gasteiger partial charge in [0, 0.05) is 49.2 Å². The van der Waals surface area contributed by atoms with Crippen LogP contribution in [-0.2, 0) is 0 Å². The molecule has 7 nitrogen and oxygen atoms in total. The first-order valence-electron chi connectivity index (χ1n) is 9.61. The average Bonchev–Trinajstić information content (AvgIpc) is 3.33. The average molecular weight is 387 g/mol. The molecule has 1 aromatic carbocycles. The van der Waals surface area contributed by atoms with Crippen LogP contribution in [-0.4, -0.2) is 45.3 Å². The molecule has 0 aliphatic carbocycles. The third kappa shape index (κ3) is 4.43. The smallest absolute Gasteiger partial charge is 0.253 e.